The zero-order valence-electron chi connectivity index (χ0n) is 14.7. The molecule has 0 aliphatic heterocycles. The minimum Gasteiger partial charge on any atom is -0.462 e. The van der Waals surface area contributed by atoms with E-state index in [1.54, 1.807) is 31.2 Å². The van der Waals surface area contributed by atoms with Crippen LogP contribution in [0.5, 0.6) is 0 Å². The van der Waals surface area contributed by atoms with Crippen molar-refractivity contribution in [1.29, 1.82) is 0 Å². The molecule has 1 heterocycles. The van der Waals surface area contributed by atoms with Gasteiger partial charge in [-0.05, 0) is 37.3 Å². The highest BCUT2D eigenvalue weighted by atomic mass is 19.2. The third-order valence-electron chi connectivity index (χ3n) is 3.62. The average Bonchev–Trinajstić information content (AvgIpc) is 2.69. The summed E-state index contributed by atoms with van der Waals surface area (Å²) < 4.78 is 45.2. The van der Waals surface area contributed by atoms with E-state index in [-0.39, 0.29) is 29.6 Å². The predicted molar refractivity (Wildman–Crippen MR) is 97.3 cm³/mol. The quantitative estimate of drug-likeness (QED) is 0.476. The number of hydrogen-bond donors (Lipinski definition) is 2. The number of aromatic nitrogens is 2. The van der Waals surface area contributed by atoms with Crippen LogP contribution in [-0.2, 0) is 4.74 Å². The number of ether oxygens (including phenoxy) is 1. The lowest BCUT2D eigenvalue weighted by Crippen LogP contribution is -2.09. The Labute approximate surface area is 158 Å². The maximum absolute atomic E-state index is 13.8. The van der Waals surface area contributed by atoms with Gasteiger partial charge in [0.1, 0.15) is 5.82 Å². The fourth-order valence-electron chi connectivity index (χ4n) is 2.35. The van der Waals surface area contributed by atoms with Gasteiger partial charge in [0.2, 0.25) is 5.95 Å². The zero-order valence-corrected chi connectivity index (χ0v) is 14.7. The van der Waals surface area contributed by atoms with Crippen LogP contribution in [0.2, 0.25) is 0 Å². The number of carbonyl (C=O) groups excluding carboxylic acids is 1. The first-order valence-electron chi connectivity index (χ1n) is 8.26. The Morgan fingerprint density at radius 1 is 1.00 bits per heavy atom. The Morgan fingerprint density at radius 2 is 1.79 bits per heavy atom. The summed E-state index contributed by atoms with van der Waals surface area (Å²) in [5, 5.41) is 5.44. The van der Waals surface area contributed by atoms with Crippen molar-refractivity contribution in [2.75, 3.05) is 17.2 Å². The summed E-state index contributed by atoms with van der Waals surface area (Å²) in [4.78, 5) is 20.2. The molecule has 0 radical (unpaired) electrons. The van der Waals surface area contributed by atoms with Crippen LogP contribution in [0.1, 0.15) is 17.3 Å². The van der Waals surface area contributed by atoms with E-state index in [0.29, 0.717) is 5.69 Å². The van der Waals surface area contributed by atoms with Crippen LogP contribution < -0.4 is 10.6 Å². The molecule has 0 amide bonds. The Balaban J connectivity index is 1.84. The summed E-state index contributed by atoms with van der Waals surface area (Å²) >= 11 is 0. The second-order valence-electron chi connectivity index (χ2n) is 5.50. The number of carbonyl (C=O) groups is 1. The molecule has 28 heavy (non-hydrogen) atoms. The van der Waals surface area contributed by atoms with Gasteiger partial charge in [-0.2, -0.15) is 4.98 Å². The molecule has 0 saturated heterocycles. The number of benzene rings is 2. The van der Waals surface area contributed by atoms with E-state index in [1.165, 1.54) is 12.3 Å². The maximum atomic E-state index is 13.8. The second-order valence-corrected chi connectivity index (χ2v) is 5.50. The van der Waals surface area contributed by atoms with Gasteiger partial charge in [-0.3, -0.25) is 0 Å². The van der Waals surface area contributed by atoms with E-state index in [9.17, 15) is 18.0 Å². The topological polar surface area (TPSA) is 76.1 Å². The summed E-state index contributed by atoms with van der Waals surface area (Å²) in [5.74, 6) is -4.50. The van der Waals surface area contributed by atoms with Crippen LogP contribution in [-0.4, -0.2) is 22.5 Å². The number of nitrogens with one attached hydrogen (secondary N) is 2. The standard InChI is InChI=1S/C19H15F3N4O2/c1-2-28-18(27)11-5-3-4-6-13(11)25-19-23-10-9-15(26-19)24-14-8-7-12(20)16(21)17(14)22/h3-10H,2H2,1H3,(H2,23,24,25,26). The van der Waals surface area contributed by atoms with E-state index >= 15 is 0 Å². The van der Waals surface area contributed by atoms with Gasteiger partial charge in [0.05, 0.1) is 23.5 Å². The van der Waals surface area contributed by atoms with Gasteiger partial charge in [-0.1, -0.05) is 12.1 Å². The van der Waals surface area contributed by atoms with Crippen molar-refractivity contribution in [2.24, 2.45) is 0 Å². The van der Waals surface area contributed by atoms with Crippen molar-refractivity contribution in [3.8, 4) is 0 Å². The molecule has 0 aliphatic rings. The minimum atomic E-state index is -1.58. The minimum absolute atomic E-state index is 0.102. The van der Waals surface area contributed by atoms with Gasteiger partial charge in [-0.25, -0.2) is 22.9 Å². The van der Waals surface area contributed by atoms with Gasteiger partial charge in [0.15, 0.2) is 17.5 Å². The largest absolute Gasteiger partial charge is 0.462 e. The molecule has 1 aromatic heterocycles. The number of esters is 1. The highest BCUT2D eigenvalue weighted by molar-refractivity contribution is 5.96. The number of para-hydroxylation sites is 1. The molecule has 6 nitrogen and oxygen atoms in total. The number of anilines is 4. The van der Waals surface area contributed by atoms with Crippen LogP contribution in [0.15, 0.2) is 48.7 Å². The third kappa shape index (κ3) is 4.20. The summed E-state index contributed by atoms with van der Waals surface area (Å²) in [6, 6.07) is 9.90. The van der Waals surface area contributed by atoms with Crippen LogP contribution in [0, 0.1) is 17.5 Å². The molecule has 0 saturated carbocycles. The monoisotopic (exact) mass is 388 g/mol. The van der Waals surface area contributed by atoms with E-state index < -0.39 is 23.4 Å². The van der Waals surface area contributed by atoms with Crippen LogP contribution >= 0.6 is 0 Å². The predicted octanol–water partition coefficient (Wildman–Crippen LogP) is 4.56. The summed E-state index contributed by atoms with van der Waals surface area (Å²) in [6.45, 7) is 1.92. The Morgan fingerprint density at radius 3 is 2.57 bits per heavy atom. The van der Waals surface area contributed by atoms with Crippen molar-refractivity contribution in [2.45, 2.75) is 6.92 Å². The lowest BCUT2D eigenvalue weighted by molar-refractivity contribution is 0.0527. The van der Waals surface area contributed by atoms with Crippen molar-refractivity contribution >= 4 is 29.1 Å². The molecule has 0 bridgehead atoms. The van der Waals surface area contributed by atoms with Gasteiger partial charge in [0, 0.05) is 6.20 Å². The fraction of sp³-hybridized carbons (Fsp3) is 0.105. The van der Waals surface area contributed by atoms with Crippen LogP contribution in [0.4, 0.5) is 36.3 Å². The van der Waals surface area contributed by atoms with Crippen LogP contribution in [0.25, 0.3) is 0 Å². The van der Waals surface area contributed by atoms with E-state index in [2.05, 4.69) is 20.6 Å². The molecule has 0 fully saturated rings. The van der Waals surface area contributed by atoms with Gasteiger partial charge in [0.25, 0.3) is 0 Å². The lowest BCUT2D eigenvalue weighted by atomic mass is 10.2. The summed E-state index contributed by atoms with van der Waals surface area (Å²) in [5.41, 5.74) is 0.422. The van der Waals surface area contributed by atoms with E-state index in [4.69, 9.17) is 4.74 Å². The van der Waals surface area contributed by atoms with E-state index in [1.807, 2.05) is 0 Å². The third-order valence-corrected chi connectivity index (χ3v) is 3.62. The molecule has 2 N–H and O–H groups in total. The smallest absolute Gasteiger partial charge is 0.340 e. The van der Waals surface area contributed by atoms with Crippen molar-refractivity contribution in [3.63, 3.8) is 0 Å². The van der Waals surface area contributed by atoms with E-state index in [0.717, 1.165) is 12.1 Å². The Hall–Kier alpha value is -3.62. The second kappa shape index (κ2) is 8.38. The number of hydrogen-bond acceptors (Lipinski definition) is 6. The van der Waals surface area contributed by atoms with Crippen molar-refractivity contribution in [3.05, 3.63) is 71.7 Å². The zero-order chi connectivity index (χ0) is 20.1. The molecule has 0 atom stereocenters. The average molecular weight is 388 g/mol. The normalized spacial score (nSPS) is 10.4. The molecule has 0 spiro atoms. The first kappa shape index (κ1) is 19.2. The lowest BCUT2D eigenvalue weighted by Gasteiger charge is -2.12. The first-order chi connectivity index (χ1) is 13.5. The summed E-state index contributed by atoms with van der Waals surface area (Å²) in [6.07, 6.45) is 1.38. The molecular weight excluding hydrogens is 373 g/mol. The fourth-order valence-corrected chi connectivity index (χ4v) is 2.35. The number of nitrogens with zero attached hydrogens (tertiary/aromatic N) is 2. The highest BCUT2D eigenvalue weighted by Crippen LogP contribution is 2.24. The Kier molecular flexibility index (Phi) is 5.73. The highest BCUT2D eigenvalue weighted by Gasteiger charge is 2.15. The molecule has 0 unspecified atom stereocenters. The molecule has 144 valence electrons. The number of halogens is 3. The van der Waals surface area contributed by atoms with Crippen molar-refractivity contribution in [1.82, 2.24) is 9.97 Å². The Bertz CT molecular complexity index is 1010. The van der Waals surface area contributed by atoms with Crippen molar-refractivity contribution < 1.29 is 22.7 Å². The molecule has 0 aliphatic carbocycles. The molecule has 9 heteroatoms. The van der Waals surface area contributed by atoms with Crippen LogP contribution in [0.3, 0.4) is 0 Å². The molecule has 2 aromatic carbocycles. The molecular formula is C19H15F3N4O2. The van der Waals surface area contributed by atoms with Gasteiger partial charge in [-0.15, -0.1) is 0 Å². The van der Waals surface area contributed by atoms with Gasteiger partial charge >= 0.3 is 5.97 Å². The van der Waals surface area contributed by atoms with Gasteiger partial charge < -0.3 is 15.4 Å². The SMILES string of the molecule is CCOC(=O)c1ccccc1Nc1nccc(Nc2ccc(F)c(F)c2F)n1. The first-order valence-corrected chi connectivity index (χ1v) is 8.26. The summed E-state index contributed by atoms with van der Waals surface area (Å²) in [7, 11) is 0. The maximum Gasteiger partial charge on any atom is 0.340 e. The molecule has 3 aromatic rings. The molecule has 3 rings (SSSR count). The number of rotatable bonds is 6.